The molecule has 0 aliphatic heterocycles. The second kappa shape index (κ2) is 17.5. The highest BCUT2D eigenvalue weighted by atomic mass is 16.7. The van der Waals surface area contributed by atoms with Crippen LogP contribution in [0.2, 0.25) is 0 Å². The normalized spacial score (nSPS) is 12.3. The summed E-state index contributed by atoms with van der Waals surface area (Å²) in [6, 6.07) is 0. The van der Waals surface area contributed by atoms with E-state index in [4.69, 9.17) is 4.84 Å². The Labute approximate surface area is 153 Å². The Bertz CT molecular complexity index is 273. The molecule has 0 aromatic heterocycles. The minimum Gasteiger partial charge on any atom is -0.204 e. The minimum atomic E-state index is 0.708. The van der Waals surface area contributed by atoms with E-state index in [0.717, 1.165) is 13.2 Å². The predicted molar refractivity (Wildman–Crippen MR) is 108 cm³/mol. The fraction of sp³-hybridized carbons (Fsp3) is 0.909. The van der Waals surface area contributed by atoms with Gasteiger partial charge in [0.15, 0.2) is 0 Å². The Morgan fingerprint density at radius 3 is 1.58 bits per heavy atom. The summed E-state index contributed by atoms with van der Waals surface area (Å²) in [6.07, 6.45) is 24.0. The molecule has 0 bridgehead atoms. The molecule has 0 aliphatic rings. The van der Waals surface area contributed by atoms with Crippen molar-refractivity contribution in [3.8, 4) is 0 Å². The van der Waals surface area contributed by atoms with Crippen LogP contribution in [0.1, 0.15) is 104 Å². The average Bonchev–Trinajstić information content (AvgIpc) is 2.54. The molecular weight excluding hydrogens is 294 g/mol. The lowest BCUT2D eigenvalue weighted by molar-refractivity contribution is -1.08. The fourth-order valence-electron chi connectivity index (χ4n) is 3.15. The number of allylic oxidation sites excluding steroid dienone is 2. The summed E-state index contributed by atoms with van der Waals surface area (Å²) >= 11 is 0. The maximum absolute atomic E-state index is 5.68. The van der Waals surface area contributed by atoms with Crippen LogP contribution in [0.5, 0.6) is 0 Å². The van der Waals surface area contributed by atoms with Crippen molar-refractivity contribution in [2.45, 2.75) is 104 Å². The molecule has 0 fully saturated rings. The number of quaternary nitrogens is 1. The smallest absolute Gasteiger partial charge is 0.108 e. The van der Waals surface area contributed by atoms with Crippen molar-refractivity contribution in [1.29, 1.82) is 0 Å². The van der Waals surface area contributed by atoms with Crippen LogP contribution in [0.15, 0.2) is 12.2 Å². The van der Waals surface area contributed by atoms with Crippen LogP contribution in [0, 0.1) is 0 Å². The van der Waals surface area contributed by atoms with E-state index in [2.05, 4.69) is 40.1 Å². The first-order valence-electron chi connectivity index (χ1n) is 10.7. The molecule has 2 nitrogen and oxygen atoms in total. The van der Waals surface area contributed by atoms with E-state index < -0.39 is 0 Å². The summed E-state index contributed by atoms with van der Waals surface area (Å²) in [5.41, 5.74) is 0. The first-order valence-corrected chi connectivity index (χ1v) is 10.7. The molecule has 0 rings (SSSR count). The van der Waals surface area contributed by atoms with Crippen LogP contribution in [-0.2, 0) is 4.84 Å². The quantitative estimate of drug-likeness (QED) is 0.112. The van der Waals surface area contributed by atoms with E-state index in [1.54, 1.807) is 0 Å². The highest BCUT2D eigenvalue weighted by molar-refractivity contribution is 4.81. The molecule has 0 saturated heterocycles. The lowest BCUT2D eigenvalue weighted by Gasteiger charge is -2.26. The summed E-state index contributed by atoms with van der Waals surface area (Å²) in [6.45, 7) is 6.29. The van der Waals surface area contributed by atoms with Gasteiger partial charge in [0, 0.05) is 0 Å². The number of hydrogen-bond donors (Lipinski definition) is 0. The van der Waals surface area contributed by atoms with Gasteiger partial charge in [0.25, 0.3) is 0 Å². The molecule has 0 unspecified atom stereocenters. The van der Waals surface area contributed by atoms with Gasteiger partial charge in [-0.05, 0) is 45.4 Å². The standard InChI is InChI=1S/C22H46NO/c1-5-7-8-9-10-11-12-13-14-15-16-17-18-19-20-21-22-23(3,4)24-6-2/h13-14H,5-12,15-22H2,1-4H3/q+1/b14-13-. The highest BCUT2D eigenvalue weighted by Gasteiger charge is 2.14. The van der Waals surface area contributed by atoms with Crippen molar-refractivity contribution < 1.29 is 9.48 Å². The SMILES string of the molecule is CCCCCCCC/C=C\CCCCCCCC[N+](C)(C)OCC. The van der Waals surface area contributed by atoms with E-state index >= 15 is 0 Å². The number of nitrogens with zero attached hydrogens (tertiary/aromatic N) is 1. The van der Waals surface area contributed by atoms with Gasteiger partial charge in [-0.2, -0.15) is 4.65 Å². The molecule has 0 heterocycles. The summed E-state index contributed by atoms with van der Waals surface area (Å²) in [5.74, 6) is 0. The number of hydrogen-bond acceptors (Lipinski definition) is 1. The van der Waals surface area contributed by atoms with Crippen molar-refractivity contribution >= 4 is 0 Å². The molecule has 0 N–H and O–H groups in total. The van der Waals surface area contributed by atoms with Crippen molar-refractivity contribution in [3.05, 3.63) is 12.2 Å². The van der Waals surface area contributed by atoms with Crippen LogP contribution in [0.25, 0.3) is 0 Å². The maximum Gasteiger partial charge on any atom is 0.108 e. The number of rotatable bonds is 18. The molecule has 0 aliphatic carbocycles. The van der Waals surface area contributed by atoms with Crippen LogP contribution < -0.4 is 0 Å². The van der Waals surface area contributed by atoms with Gasteiger partial charge in [-0.1, -0.05) is 70.4 Å². The monoisotopic (exact) mass is 340 g/mol. The van der Waals surface area contributed by atoms with Crippen molar-refractivity contribution in [3.63, 3.8) is 0 Å². The van der Waals surface area contributed by atoms with E-state index in [0.29, 0.717) is 4.65 Å². The molecule has 0 aromatic carbocycles. The molecule has 144 valence electrons. The summed E-state index contributed by atoms with van der Waals surface area (Å²) < 4.78 is 0.708. The van der Waals surface area contributed by atoms with Gasteiger partial charge in [-0.25, -0.2) is 4.84 Å². The van der Waals surface area contributed by atoms with Crippen LogP contribution in [-0.4, -0.2) is 31.9 Å². The maximum atomic E-state index is 5.68. The molecule has 0 saturated carbocycles. The zero-order valence-electron chi connectivity index (χ0n) is 17.3. The van der Waals surface area contributed by atoms with Gasteiger partial charge in [-0.15, -0.1) is 0 Å². The van der Waals surface area contributed by atoms with Gasteiger partial charge in [-0.3, -0.25) is 0 Å². The fourth-order valence-corrected chi connectivity index (χ4v) is 3.15. The Hall–Kier alpha value is -0.340. The first-order chi connectivity index (χ1) is 11.6. The Balaban J connectivity index is 3.21. The zero-order chi connectivity index (χ0) is 17.9. The van der Waals surface area contributed by atoms with Gasteiger partial charge in [0.05, 0.1) is 14.1 Å². The van der Waals surface area contributed by atoms with Gasteiger partial charge in [0.2, 0.25) is 0 Å². The number of hydroxylamine groups is 3. The zero-order valence-corrected chi connectivity index (χ0v) is 17.3. The second-order valence-electron chi connectivity index (χ2n) is 7.65. The van der Waals surface area contributed by atoms with Gasteiger partial charge < -0.3 is 0 Å². The predicted octanol–water partition coefficient (Wildman–Crippen LogP) is 7.05. The lowest BCUT2D eigenvalue weighted by Crippen LogP contribution is -2.40. The number of unbranched alkanes of at least 4 members (excludes halogenated alkanes) is 12. The minimum absolute atomic E-state index is 0.708. The van der Waals surface area contributed by atoms with E-state index in [1.165, 1.54) is 89.9 Å². The molecule has 0 radical (unpaired) electrons. The van der Waals surface area contributed by atoms with Crippen LogP contribution in [0.3, 0.4) is 0 Å². The summed E-state index contributed by atoms with van der Waals surface area (Å²) in [5, 5.41) is 0. The topological polar surface area (TPSA) is 9.23 Å². The van der Waals surface area contributed by atoms with Crippen molar-refractivity contribution in [2.75, 3.05) is 27.2 Å². The molecule has 24 heavy (non-hydrogen) atoms. The van der Waals surface area contributed by atoms with Crippen molar-refractivity contribution in [2.24, 2.45) is 0 Å². The molecule has 0 atom stereocenters. The second-order valence-corrected chi connectivity index (χ2v) is 7.65. The summed E-state index contributed by atoms with van der Waals surface area (Å²) in [4.78, 5) is 5.68. The van der Waals surface area contributed by atoms with Crippen molar-refractivity contribution in [1.82, 2.24) is 0 Å². The average molecular weight is 341 g/mol. The third-order valence-corrected chi connectivity index (χ3v) is 4.69. The molecule has 0 spiro atoms. The van der Waals surface area contributed by atoms with Gasteiger partial charge in [0.1, 0.15) is 13.2 Å². The third kappa shape index (κ3) is 18.0. The summed E-state index contributed by atoms with van der Waals surface area (Å²) in [7, 11) is 4.31. The largest absolute Gasteiger partial charge is 0.204 e. The molecule has 0 amide bonds. The Morgan fingerprint density at radius 1 is 0.625 bits per heavy atom. The molecule has 0 aromatic rings. The Kier molecular flexibility index (Phi) is 17.2. The van der Waals surface area contributed by atoms with E-state index in [-0.39, 0.29) is 0 Å². The first kappa shape index (κ1) is 23.7. The van der Waals surface area contributed by atoms with Crippen LogP contribution in [0.4, 0.5) is 0 Å². The molecule has 2 heteroatoms. The Morgan fingerprint density at radius 2 is 1.08 bits per heavy atom. The third-order valence-electron chi connectivity index (χ3n) is 4.69. The van der Waals surface area contributed by atoms with E-state index in [1.807, 2.05) is 0 Å². The highest BCUT2D eigenvalue weighted by Crippen LogP contribution is 2.11. The van der Waals surface area contributed by atoms with Crippen LogP contribution >= 0.6 is 0 Å². The van der Waals surface area contributed by atoms with Gasteiger partial charge >= 0.3 is 0 Å². The van der Waals surface area contributed by atoms with E-state index in [9.17, 15) is 0 Å². The lowest BCUT2D eigenvalue weighted by atomic mass is 10.1. The molecular formula is C22H46NO+.